The topological polar surface area (TPSA) is 76.4 Å². The van der Waals surface area contributed by atoms with Crippen molar-refractivity contribution in [1.29, 1.82) is 0 Å². The first-order valence-corrected chi connectivity index (χ1v) is 11.3. The van der Waals surface area contributed by atoms with Crippen LogP contribution in [0.4, 0.5) is 0 Å². The highest BCUT2D eigenvalue weighted by Gasteiger charge is 2.41. The van der Waals surface area contributed by atoms with Gasteiger partial charge in [0.1, 0.15) is 34.3 Å². The zero-order chi connectivity index (χ0) is 25.4. The van der Waals surface area contributed by atoms with Crippen molar-refractivity contribution in [2.24, 2.45) is 0 Å². The number of esters is 1. The van der Waals surface area contributed by atoms with Gasteiger partial charge in [-0.1, -0.05) is 12.1 Å². The van der Waals surface area contributed by atoms with Gasteiger partial charge in [0.25, 0.3) is 0 Å². The summed E-state index contributed by atoms with van der Waals surface area (Å²) >= 11 is 0. The van der Waals surface area contributed by atoms with E-state index in [4.69, 9.17) is 28.1 Å². The van der Waals surface area contributed by atoms with Crippen LogP contribution in [0.3, 0.4) is 0 Å². The van der Waals surface area contributed by atoms with E-state index in [1.54, 1.807) is 27.4 Å². The van der Waals surface area contributed by atoms with Crippen LogP contribution in [0.15, 0.2) is 65.1 Å². The third kappa shape index (κ3) is 3.64. The Kier molecular flexibility index (Phi) is 5.84. The molecule has 0 saturated carbocycles. The Bertz CT molecular complexity index is 1480. The number of carbonyl (C=O) groups is 1. The summed E-state index contributed by atoms with van der Waals surface area (Å²) in [6.45, 7) is 1.85. The Labute approximate surface area is 208 Å². The van der Waals surface area contributed by atoms with E-state index in [9.17, 15) is 4.79 Å². The lowest BCUT2D eigenvalue weighted by molar-refractivity contribution is 0.0599. The molecule has 4 aromatic rings. The number of benzene rings is 3. The summed E-state index contributed by atoms with van der Waals surface area (Å²) in [6, 6.07) is 16.8. The van der Waals surface area contributed by atoms with Gasteiger partial charge in [0, 0.05) is 22.8 Å². The molecule has 3 aromatic carbocycles. The van der Waals surface area contributed by atoms with Crippen molar-refractivity contribution in [2.45, 2.75) is 12.5 Å². The first-order chi connectivity index (χ1) is 17.4. The third-order valence-corrected chi connectivity index (χ3v) is 6.42. The minimum atomic E-state index is -1.09. The molecule has 184 valence electrons. The van der Waals surface area contributed by atoms with Crippen LogP contribution in [-0.2, 0) is 10.3 Å². The van der Waals surface area contributed by atoms with Crippen molar-refractivity contribution in [3.05, 3.63) is 88.7 Å². The molecule has 1 aromatic heterocycles. The highest BCUT2D eigenvalue weighted by Crippen LogP contribution is 2.49. The highest BCUT2D eigenvalue weighted by atomic mass is 16.5. The second-order valence-corrected chi connectivity index (χ2v) is 8.39. The Hall–Kier alpha value is -4.39. The first kappa shape index (κ1) is 23.4. The van der Waals surface area contributed by atoms with Crippen molar-refractivity contribution >= 4 is 23.0 Å². The summed E-state index contributed by atoms with van der Waals surface area (Å²) < 4.78 is 34.4. The predicted molar refractivity (Wildman–Crippen MR) is 135 cm³/mol. The van der Waals surface area contributed by atoms with E-state index in [1.165, 1.54) is 7.11 Å². The number of hydrogen-bond donors (Lipinski definition) is 0. The van der Waals surface area contributed by atoms with Crippen LogP contribution < -0.4 is 18.9 Å². The smallest absolute Gasteiger partial charge is 0.338 e. The molecule has 0 bridgehead atoms. The molecule has 0 N–H and O–H groups in total. The maximum atomic E-state index is 12.7. The number of hydrogen-bond acceptors (Lipinski definition) is 7. The summed E-state index contributed by atoms with van der Waals surface area (Å²) in [5.41, 5.74) is 2.01. The lowest BCUT2D eigenvalue weighted by Crippen LogP contribution is -2.35. The van der Waals surface area contributed by atoms with E-state index in [0.29, 0.717) is 39.7 Å². The predicted octanol–water partition coefficient (Wildman–Crippen LogP) is 5.90. The van der Waals surface area contributed by atoms with Crippen LogP contribution in [0.1, 0.15) is 32.8 Å². The van der Waals surface area contributed by atoms with Crippen LogP contribution in [0.25, 0.3) is 17.0 Å². The average Bonchev–Trinajstić information content (AvgIpc) is 3.31. The fraction of sp³-hybridized carbons (Fsp3) is 0.207. The maximum absolute atomic E-state index is 12.7. The largest absolute Gasteiger partial charge is 0.497 e. The van der Waals surface area contributed by atoms with Gasteiger partial charge in [-0.25, -0.2) is 4.79 Å². The lowest BCUT2D eigenvalue weighted by Gasteiger charge is -2.37. The third-order valence-electron chi connectivity index (χ3n) is 6.42. The fourth-order valence-corrected chi connectivity index (χ4v) is 4.64. The molecular weight excluding hydrogens is 460 g/mol. The summed E-state index contributed by atoms with van der Waals surface area (Å²) in [6.07, 6.45) is 3.81. The zero-order valence-corrected chi connectivity index (χ0v) is 20.7. The standard InChI is InChI=1S/C29H26O7/c1-17-14-23-25(35-17)16-22(28(30)34-5)21-12-13-29(36-27(21)23,18-6-8-19(31-2)9-7-18)24-11-10-20(32-3)15-26(24)33-4/h6-16H,1-5H3. The normalized spacial score (nSPS) is 16.2. The number of fused-ring (bicyclic) bond motifs is 3. The lowest BCUT2D eigenvalue weighted by atomic mass is 9.82. The minimum Gasteiger partial charge on any atom is -0.497 e. The summed E-state index contributed by atoms with van der Waals surface area (Å²) in [4.78, 5) is 12.7. The van der Waals surface area contributed by atoms with Gasteiger partial charge >= 0.3 is 5.97 Å². The second kappa shape index (κ2) is 9.00. The highest BCUT2D eigenvalue weighted by molar-refractivity contribution is 6.02. The van der Waals surface area contributed by atoms with Gasteiger partial charge in [-0.2, -0.15) is 0 Å². The van der Waals surface area contributed by atoms with Gasteiger partial charge in [-0.05, 0) is 55.5 Å². The van der Waals surface area contributed by atoms with E-state index in [1.807, 2.05) is 67.6 Å². The van der Waals surface area contributed by atoms with Crippen molar-refractivity contribution in [2.75, 3.05) is 28.4 Å². The molecule has 1 aliphatic heterocycles. The monoisotopic (exact) mass is 486 g/mol. The van der Waals surface area contributed by atoms with E-state index in [2.05, 4.69) is 0 Å². The molecule has 1 aliphatic rings. The first-order valence-electron chi connectivity index (χ1n) is 11.3. The molecule has 0 aliphatic carbocycles. The van der Waals surface area contributed by atoms with Crippen LogP contribution >= 0.6 is 0 Å². The fourth-order valence-electron chi connectivity index (χ4n) is 4.64. The number of methoxy groups -OCH3 is 4. The number of furan rings is 1. The van der Waals surface area contributed by atoms with Crippen LogP contribution in [0, 0.1) is 6.92 Å². The van der Waals surface area contributed by atoms with Crippen LogP contribution in [0.5, 0.6) is 23.0 Å². The molecular formula is C29H26O7. The molecule has 7 heteroatoms. The Morgan fingerprint density at radius 3 is 2.25 bits per heavy atom. The molecule has 0 fully saturated rings. The van der Waals surface area contributed by atoms with E-state index >= 15 is 0 Å². The van der Waals surface area contributed by atoms with Gasteiger partial charge in [-0.15, -0.1) is 0 Å². The molecule has 0 radical (unpaired) electrons. The molecule has 0 amide bonds. The molecule has 0 spiro atoms. The molecule has 2 heterocycles. The number of aryl methyl sites for hydroxylation is 1. The maximum Gasteiger partial charge on any atom is 0.338 e. The van der Waals surface area contributed by atoms with E-state index < -0.39 is 11.6 Å². The average molecular weight is 487 g/mol. The summed E-state index contributed by atoms with van der Waals surface area (Å²) in [7, 11) is 6.18. The summed E-state index contributed by atoms with van der Waals surface area (Å²) in [5.74, 6) is 2.69. The number of rotatable bonds is 6. The van der Waals surface area contributed by atoms with Crippen molar-refractivity contribution < 1.29 is 32.9 Å². The Morgan fingerprint density at radius 2 is 1.58 bits per heavy atom. The second-order valence-electron chi connectivity index (χ2n) is 8.39. The summed E-state index contributed by atoms with van der Waals surface area (Å²) in [5, 5.41) is 0.755. The van der Waals surface area contributed by atoms with Gasteiger partial charge in [0.2, 0.25) is 0 Å². The Balaban J connectivity index is 1.81. The van der Waals surface area contributed by atoms with E-state index in [-0.39, 0.29) is 0 Å². The molecule has 7 nitrogen and oxygen atoms in total. The quantitative estimate of drug-likeness (QED) is 0.314. The van der Waals surface area contributed by atoms with Gasteiger partial charge in [0.05, 0.1) is 39.4 Å². The minimum absolute atomic E-state index is 0.357. The molecule has 36 heavy (non-hydrogen) atoms. The van der Waals surface area contributed by atoms with Gasteiger partial charge in [-0.3, -0.25) is 0 Å². The number of ether oxygens (including phenoxy) is 5. The van der Waals surface area contributed by atoms with Crippen molar-refractivity contribution in [3.8, 4) is 23.0 Å². The SMILES string of the molecule is COC(=O)c1cc2oc(C)cc2c2c1C=CC(c1ccc(OC)cc1)(c1ccc(OC)cc1OC)O2. The Morgan fingerprint density at radius 1 is 0.861 bits per heavy atom. The van der Waals surface area contributed by atoms with Crippen molar-refractivity contribution in [1.82, 2.24) is 0 Å². The van der Waals surface area contributed by atoms with Crippen LogP contribution in [-0.4, -0.2) is 34.4 Å². The molecule has 5 rings (SSSR count). The van der Waals surface area contributed by atoms with Gasteiger partial charge in [0.15, 0.2) is 5.60 Å². The van der Waals surface area contributed by atoms with E-state index in [0.717, 1.165) is 22.3 Å². The molecule has 1 unspecified atom stereocenters. The van der Waals surface area contributed by atoms with Crippen molar-refractivity contribution in [3.63, 3.8) is 0 Å². The van der Waals surface area contributed by atoms with Crippen LogP contribution in [0.2, 0.25) is 0 Å². The van der Waals surface area contributed by atoms with Gasteiger partial charge < -0.3 is 28.1 Å². The molecule has 0 saturated heterocycles. The number of carbonyl (C=O) groups excluding carboxylic acids is 1. The molecule has 1 atom stereocenters. The zero-order valence-electron chi connectivity index (χ0n) is 20.7.